The van der Waals surface area contributed by atoms with E-state index in [-0.39, 0.29) is 5.41 Å². The van der Waals surface area contributed by atoms with Gasteiger partial charge in [-0.25, -0.2) is 0 Å². The summed E-state index contributed by atoms with van der Waals surface area (Å²) in [4.78, 5) is 0. The molecule has 0 fully saturated rings. The molecule has 0 spiro atoms. The summed E-state index contributed by atoms with van der Waals surface area (Å²) in [6, 6.07) is 31.6. The van der Waals surface area contributed by atoms with E-state index >= 15 is 4.57 Å². The number of benzene rings is 4. The molecule has 2 nitrogen and oxygen atoms in total. The highest BCUT2D eigenvalue weighted by molar-refractivity contribution is 9.10. The molecule has 4 heteroatoms. The number of fused-ring (bicyclic) bond motifs is 2. The predicted molar refractivity (Wildman–Crippen MR) is 132 cm³/mol. The third-order valence-electron chi connectivity index (χ3n) is 6.09. The molecule has 0 radical (unpaired) electrons. The Balaban J connectivity index is 1.83. The largest absolute Gasteiger partial charge is 0.455 e. The van der Waals surface area contributed by atoms with Gasteiger partial charge in [0.1, 0.15) is 11.5 Å². The minimum absolute atomic E-state index is 0.291. The molecule has 0 amide bonds. The van der Waals surface area contributed by atoms with Crippen molar-refractivity contribution >= 4 is 39.0 Å². The first kappa shape index (κ1) is 20.3. The SMILES string of the molecule is CC1(C)c2cccc(Br)c2Oc2c1cccc2P(=O)(c1ccccc1)c1ccccc1. The van der Waals surface area contributed by atoms with Crippen molar-refractivity contribution in [3.05, 3.63) is 113 Å². The van der Waals surface area contributed by atoms with Crippen molar-refractivity contribution in [3.63, 3.8) is 0 Å². The van der Waals surface area contributed by atoms with E-state index in [1.165, 1.54) is 0 Å². The molecule has 1 heterocycles. The fourth-order valence-electron chi connectivity index (χ4n) is 4.43. The molecule has 0 saturated heterocycles. The van der Waals surface area contributed by atoms with Crippen LogP contribution < -0.4 is 20.7 Å². The zero-order valence-corrected chi connectivity index (χ0v) is 19.9. The third kappa shape index (κ3) is 3.11. The van der Waals surface area contributed by atoms with Gasteiger partial charge in [0, 0.05) is 27.2 Å². The van der Waals surface area contributed by atoms with Gasteiger partial charge in [-0.05, 0) is 28.1 Å². The maximum Gasteiger partial charge on any atom is 0.174 e. The quantitative estimate of drug-likeness (QED) is 0.307. The van der Waals surface area contributed by atoms with Gasteiger partial charge in [-0.15, -0.1) is 0 Å². The molecule has 4 aromatic carbocycles. The predicted octanol–water partition coefficient (Wildman–Crippen LogP) is 6.52. The van der Waals surface area contributed by atoms with Crippen molar-refractivity contribution in [3.8, 4) is 11.5 Å². The first-order valence-electron chi connectivity index (χ1n) is 10.3. The Labute approximate surface area is 191 Å². The van der Waals surface area contributed by atoms with Crippen molar-refractivity contribution in [2.75, 3.05) is 0 Å². The van der Waals surface area contributed by atoms with Crippen LogP contribution >= 0.6 is 23.1 Å². The molecule has 1 aliphatic heterocycles. The van der Waals surface area contributed by atoms with Crippen LogP contribution in [0.5, 0.6) is 11.5 Å². The Morgan fingerprint density at radius 2 is 1.19 bits per heavy atom. The maximum absolute atomic E-state index is 15.0. The lowest BCUT2D eigenvalue weighted by Crippen LogP contribution is -2.31. The molecular weight excluding hydrogens is 467 g/mol. The van der Waals surface area contributed by atoms with Crippen LogP contribution in [0, 0.1) is 0 Å². The standard InChI is InChI=1S/C27H22BrO2P/c1-27(2)21-15-9-17-23(28)25(21)30-26-22(27)16-10-18-24(26)31(29,19-11-5-3-6-12-19)20-13-7-4-8-14-20/h3-18H,1-2H3. The maximum atomic E-state index is 15.0. The van der Waals surface area contributed by atoms with Gasteiger partial charge in [0.05, 0.1) is 9.78 Å². The van der Waals surface area contributed by atoms with Crippen LogP contribution in [0.4, 0.5) is 0 Å². The Bertz CT molecular complexity index is 1270. The molecule has 154 valence electrons. The number of halogens is 1. The van der Waals surface area contributed by atoms with Gasteiger partial charge in [-0.1, -0.05) is 98.8 Å². The summed E-state index contributed by atoms with van der Waals surface area (Å²) in [6.45, 7) is 4.39. The van der Waals surface area contributed by atoms with Crippen LogP contribution in [-0.4, -0.2) is 0 Å². The minimum atomic E-state index is -3.16. The summed E-state index contributed by atoms with van der Waals surface area (Å²) in [7, 11) is -3.16. The summed E-state index contributed by atoms with van der Waals surface area (Å²) in [6.07, 6.45) is 0. The molecule has 0 atom stereocenters. The van der Waals surface area contributed by atoms with Crippen molar-refractivity contribution in [2.45, 2.75) is 19.3 Å². The van der Waals surface area contributed by atoms with E-state index in [0.717, 1.165) is 37.3 Å². The summed E-state index contributed by atoms with van der Waals surface area (Å²) >= 11 is 3.66. The second kappa shape index (κ2) is 7.51. The summed E-state index contributed by atoms with van der Waals surface area (Å²) in [5.41, 5.74) is 1.87. The number of hydrogen-bond donors (Lipinski definition) is 0. The topological polar surface area (TPSA) is 26.3 Å². The lowest BCUT2D eigenvalue weighted by atomic mass is 9.76. The average Bonchev–Trinajstić information content (AvgIpc) is 2.80. The zero-order valence-electron chi connectivity index (χ0n) is 17.4. The molecule has 0 aromatic heterocycles. The number of hydrogen-bond acceptors (Lipinski definition) is 2. The minimum Gasteiger partial charge on any atom is -0.455 e. The van der Waals surface area contributed by atoms with Crippen LogP contribution in [0.2, 0.25) is 0 Å². The number of para-hydroxylation sites is 2. The van der Waals surface area contributed by atoms with Crippen molar-refractivity contribution in [1.29, 1.82) is 0 Å². The summed E-state index contributed by atoms with van der Waals surface area (Å²) in [5.74, 6) is 1.49. The van der Waals surface area contributed by atoms with E-state index in [0.29, 0.717) is 5.75 Å². The van der Waals surface area contributed by atoms with Crippen LogP contribution in [-0.2, 0) is 9.98 Å². The zero-order chi connectivity index (χ0) is 21.6. The smallest absolute Gasteiger partial charge is 0.174 e. The monoisotopic (exact) mass is 488 g/mol. The molecule has 0 bridgehead atoms. The first-order chi connectivity index (χ1) is 14.9. The van der Waals surface area contributed by atoms with Crippen molar-refractivity contribution in [1.82, 2.24) is 0 Å². The lowest BCUT2D eigenvalue weighted by Gasteiger charge is -2.37. The van der Waals surface area contributed by atoms with Gasteiger partial charge < -0.3 is 9.30 Å². The van der Waals surface area contributed by atoms with Gasteiger partial charge in [0.25, 0.3) is 0 Å². The second-order valence-corrected chi connectivity index (χ2v) is 11.9. The lowest BCUT2D eigenvalue weighted by molar-refractivity contribution is 0.418. The number of rotatable bonds is 3. The Hall–Kier alpha value is -2.61. The average molecular weight is 489 g/mol. The van der Waals surface area contributed by atoms with Gasteiger partial charge in [0.15, 0.2) is 7.14 Å². The van der Waals surface area contributed by atoms with Crippen LogP contribution in [0.1, 0.15) is 25.0 Å². The fraction of sp³-hybridized carbons (Fsp3) is 0.111. The van der Waals surface area contributed by atoms with E-state index in [1.807, 2.05) is 84.9 Å². The molecule has 4 aromatic rings. The highest BCUT2D eigenvalue weighted by atomic mass is 79.9. The van der Waals surface area contributed by atoms with Crippen LogP contribution in [0.3, 0.4) is 0 Å². The Morgan fingerprint density at radius 3 is 1.77 bits per heavy atom. The van der Waals surface area contributed by atoms with Gasteiger partial charge in [-0.2, -0.15) is 0 Å². The highest BCUT2D eigenvalue weighted by Gasteiger charge is 2.41. The van der Waals surface area contributed by atoms with Crippen molar-refractivity contribution < 1.29 is 9.30 Å². The van der Waals surface area contributed by atoms with E-state index < -0.39 is 7.14 Å². The fourth-order valence-corrected chi connectivity index (χ4v) is 7.66. The molecule has 0 unspecified atom stereocenters. The number of ether oxygens (including phenoxy) is 1. The Kier molecular flexibility index (Phi) is 4.92. The van der Waals surface area contributed by atoms with E-state index in [1.54, 1.807) is 0 Å². The normalized spacial score (nSPS) is 14.3. The molecule has 0 N–H and O–H groups in total. The summed E-state index contributed by atoms with van der Waals surface area (Å²) < 4.78 is 22.4. The molecule has 0 aliphatic carbocycles. The molecule has 0 saturated carbocycles. The van der Waals surface area contributed by atoms with E-state index in [9.17, 15) is 0 Å². The third-order valence-corrected chi connectivity index (χ3v) is 9.80. The molecule has 31 heavy (non-hydrogen) atoms. The van der Waals surface area contributed by atoms with Crippen LogP contribution in [0.15, 0.2) is 102 Å². The van der Waals surface area contributed by atoms with Gasteiger partial charge in [-0.3, -0.25) is 0 Å². The summed E-state index contributed by atoms with van der Waals surface area (Å²) in [5, 5.41) is 2.33. The second-order valence-electron chi connectivity index (χ2n) is 8.28. The van der Waals surface area contributed by atoms with E-state index in [2.05, 4.69) is 41.9 Å². The van der Waals surface area contributed by atoms with Gasteiger partial charge >= 0.3 is 0 Å². The van der Waals surface area contributed by atoms with Gasteiger partial charge in [0.2, 0.25) is 0 Å². The Morgan fingerprint density at radius 1 is 0.677 bits per heavy atom. The highest BCUT2D eigenvalue weighted by Crippen LogP contribution is 2.54. The molecule has 5 rings (SSSR count). The molecule has 1 aliphatic rings. The first-order valence-corrected chi connectivity index (χ1v) is 12.8. The van der Waals surface area contributed by atoms with Crippen molar-refractivity contribution in [2.24, 2.45) is 0 Å². The van der Waals surface area contributed by atoms with Crippen LogP contribution in [0.25, 0.3) is 0 Å². The van der Waals surface area contributed by atoms with E-state index in [4.69, 9.17) is 4.74 Å². The molecular formula is C27H22BrO2P.